The molecule has 3 rings (SSSR count). The Bertz CT molecular complexity index is 832. The zero-order valence-corrected chi connectivity index (χ0v) is 11.9. The van der Waals surface area contributed by atoms with E-state index in [0.29, 0.717) is 11.5 Å². The van der Waals surface area contributed by atoms with E-state index in [1.807, 2.05) is 30.3 Å². The molecule has 1 N–H and O–H groups in total. The van der Waals surface area contributed by atoms with E-state index < -0.39 is 17.5 Å². The van der Waals surface area contributed by atoms with Gasteiger partial charge < -0.3 is 9.84 Å². The van der Waals surface area contributed by atoms with Crippen LogP contribution in [0.2, 0.25) is 0 Å². The largest absolute Gasteiger partial charge is 0.356 e. The van der Waals surface area contributed by atoms with Crippen molar-refractivity contribution in [3.05, 3.63) is 77.5 Å². The summed E-state index contributed by atoms with van der Waals surface area (Å²) < 4.78 is 31.2. The molecule has 0 aliphatic rings. The number of nitrogens with zero attached hydrogens (tertiary/aromatic N) is 1. The molecular formula is C17H12F2N2O2. The molecule has 1 aromatic heterocycles. The summed E-state index contributed by atoms with van der Waals surface area (Å²) in [4.78, 5) is 11.9. The number of aromatic nitrogens is 1. The minimum absolute atomic E-state index is 0.0377. The maximum atomic E-state index is 13.1. The van der Waals surface area contributed by atoms with Gasteiger partial charge in [-0.15, -0.1) is 0 Å². The fraction of sp³-hybridized carbons (Fsp3) is 0.0588. The lowest BCUT2D eigenvalue weighted by Crippen LogP contribution is -2.23. The maximum Gasteiger partial charge on any atom is 0.251 e. The summed E-state index contributed by atoms with van der Waals surface area (Å²) in [6, 6.07) is 14.1. The van der Waals surface area contributed by atoms with Gasteiger partial charge in [0.05, 0.1) is 6.54 Å². The van der Waals surface area contributed by atoms with Crippen LogP contribution in [0.15, 0.2) is 59.1 Å². The van der Waals surface area contributed by atoms with E-state index in [9.17, 15) is 13.6 Å². The molecule has 3 aromatic rings. The highest BCUT2D eigenvalue weighted by atomic mass is 19.2. The molecule has 1 amide bonds. The first-order valence-corrected chi connectivity index (χ1v) is 6.88. The Kier molecular flexibility index (Phi) is 4.14. The second-order valence-corrected chi connectivity index (χ2v) is 4.86. The van der Waals surface area contributed by atoms with Crippen molar-refractivity contribution >= 4 is 5.91 Å². The third-order valence-corrected chi connectivity index (χ3v) is 3.23. The van der Waals surface area contributed by atoms with Gasteiger partial charge in [0.1, 0.15) is 5.69 Å². The average molecular weight is 314 g/mol. The van der Waals surface area contributed by atoms with E-state index in [0.717, 1.165) is 17.7 Å². The van der Waals surface area contributed by atoms with Crippen LogP contribution < -0.4 is 5.32 Å². The lowest BCUT2D eigenvalue weighted by molar-refractivity contribution is 0.0949. The number of nitrogens with one attached hydrogen (secondary N) is 1. The molecule has 0 fully saturated rings. The van der Waals surface area contributed by atoms with Crippen molar-refractivity contribution in [1.82, 2.24) is 10.5 Å². The van der Waals surface area contributed by atoms with E-state index in [2.05, 4.69) is 10.5 Å². The van der Waals surface area contributed by atoms with Crippen molar-refractivity contribution in [3.8, 4) is 11.3 Å². The second-order valence-electron chi connectivity index (χ2n) is 4.86. The summed E-state index contributed by atoms with van der Waals surface area (Å²) in [5.41, 5.74) is 1.44. The van der Waals surface area contributed by atoms with Gasteiger partial charge >= 0.3 is 0 Å². The smallest absolute Gasteiger partial charge is 0.251 e. The molecule has 0 saturated carbocycles. The van der Waals surface area contributed by atoms with Gasteiger partial charge in [0.15, 0.2) is 17.4 Å². The number of hydrogen-bond acceptors (Lipinski definition) is 3. The molecule has 0 radical (unpaired) electrons. The third kappa shape index (κ3) is 3.42. The van der Waals surface area contributed by atoms with E-state index >= 15 is 0 Å². The zero-order valence-electron chi connectivity index (χ0n) is 11.9. The van der Waals surface area contributed by atoms with Crippen molar-refractivity contribution in [2.75, 3.05) is 0 Å². The van der Waals surface area contributed by atoms with Crippen molar-refractivity contribution in [2.24, 2.45) is 0 Å². The molecule has 0 aliphatic heterocycles. The topological polar surface area (TPSA) is 55.1 Å². The molecule has 6 heteroatoms. The molecule has 23 heavy (non-hydrogen) atoms. The SMILES string of the molecule is O=C(NCc1cc(-c2ccccc2)on1)c1ccc(F)c(F)c1. The fourth-order valence-electron chi connectivity index (χ4n) is 2.04. The van der Waals surface area contributed by atoms with Crippen LogP contribution in [0.25, 0.3) is 11.3 Å². The lowest BCUT2D eigenvalue weighted by atomic mass is 10.1. The van der Waals surface area contributed by atoms with Crippen LogP contribution in [0.3, 0.4) is 0 Å². The first-order valence-electron chi connectivity index (χ1n) is 6.88. The Balaban J connectivity index is 1.65. The summed E-state index contributed by atoms with van der Waals surface area (Å²) in [6.45, 7) is 0.119. The predicted molar refractivity (Wildman–Crippen MR) is 79.5 cm³/mol. The third-order valence-electron chi connectivity index (χ3n) is 3.23. The first-order chi connectivity index (χ1) is 11.1. The Morgan fingerprint density at radius 1 is 1.04 bits per heavy atom. The van der Waals surface area contributed by atoms with Gasteiger partial charge in [-0.3, -0.25) is 4.79 Å². The van der Waals surface area contributed by atoms with Crippen molar-refractivity contribution < 1.29 is 18.1 Å². The molecule has 0 saturated heterocycles. The minimum atomic E-state index is -1.06. The van der Waals surface area contributed by atoms with Gasteiger partial charge in [-0.1, -0.05) is 35.5 Å². The molecule has 4 nitrogen and oxygen atoms in total. The van der Waals surface area contributed by atoms with E-state index in [-0.39, 0.29) is 12.1 Å². The molecular weight excluding hydrogens is 302 g/mol. The number of benzene rings is 2. The molecule has 0 aliphatic carbocycles. The summed E-state index contributed by atoms with van der Waals surface area (Å²) in [6.07, 6.45) is 0. The van der Waals surface area contributed by atoms with E-state index in [1.54, 1.807) is 6.07 Å². The Hall–Kier alpha value is -3.02. The number of rotatable bonds is 4. The van der Waals surface area contributed by atoms with Gasteiger partial charge in [0.25, 0.3) is 5.91 Å². The summed E-state index contributed by atoms with van der Waals surface area (Å²) in [5.74, 6) is -1.99. The standard InChI is InChI=1S/C17H12F2N2O2/c18-14-7-6-12(8-15(14)19)17(22)20-10-13-9-16(23-21-13)11-4-2-1-3-5-11/h1-9H,10H2,(H,20,22). The zero-order chi connectivity index (χ0) is 16.2. The first kappa shape index (κ1) is 14.9. The number of carbonyl (C=O) groups excluding carboxylic acids is 1. The van der Waals surface area contributed by atoms with Crippen LogP contribution in [0.5, 0.6) is 0 Å². The summed E-state index contributed by atoms with van der Waals surface area (Å²) >= 11 is 0. The van der Waals surface area contributed by atoms with Crippen molar-refractivity contribution in [1.29, 1.82) is 0 Å². The van der Waals surface area contributed by atoms with Crippen LogP contribution in [0.4, 0.5) is 8.78 Å². The lowest BCUT2D eigenvalue weighted by Gasteiger charge is -2.03. The highest BCUT2D eigenvalue weighted by Crippen LogP contribution is 2.19. The summed E-state index contributed by atoms with van der Waals surface area (Å²) in [7, 11) is 0. The van der Waals surface area contributed by atoms with Gasteiger partial charge in [0, 0.05) is 17.2 Å². The Labute approximate surface area is 130 Å². The summed E-state index contributed by atoms with van der Waals surface area (Å²) in [5, 5.41) is 6.44. The van der Waals surface area contributed by atoms with Gasteiger partial charge in [-0.05, 0) is 18.2 Å². The van der Waals surface area contributed by atoms with Crippen LogP contribution in [-0.2, 0) is 6.54 Å². The molecule has 116 valence electrons. The maximum absolute atomic E-state index is 13.1. The fourth-order valence-corrected chi connectivity index (χ4v) is 2.04. The normalized spacial score (nSPS) is 10.5. The quantitative estimate of drug-likeness (QED) is 0.801. The number of carbonyl (C=O) groups is 1. The molecule has 0 atom stereocenters. The van der Waals surface area contributed by atoms with Crippen molar-refractivity contribution in [3.63, 3.8) is 0 Å². The molecule has 2 aromatic carbocycles. The average Bonchev–Trinajstić information content (AvgIpc) is 3.05. The monoisotopic (exact) mass is 314 g/mol. The van der Waals surface area contributed by atoms with Gasteiger partial charge in [0.2, 0.25) is 0 Å². The van der Waals surface area contributed by atoms with Gasteiger partial charge in [-0.25, -0.2) is 8.78 Å². The molecule has 0 unspecified atom stereocenters. The van der Waals surface area contributed by atoms with Crippen LogP contribution in [0, 0.1) is 11.6 Å². The van der Waals surface area contributed by atoms with Gasteiger partial charge in [-0.2, -0.15) is 0 Å². The number of halogens is 2. The molecule has 0 bridgehead atoms. The van der Waals surface area contributed by atoms with Crippen LogP contribution in [0.1, 0.15) is 16.1 Å². The number of amides is 1. The Morgan fingerprint density at radius 2 is 1.83 bits per heavy atom. The minimum Gasteiger partial charge on any atom is -0.356 e. The van der Waals surface area contributed by atoms with Crippen LogP contribution in [-0.4, -0.2) is 11.1 Å². The second kappa shape index (κ2) is 6.39. The number of hydrogen-bond donors (Lipinski definition) is 1. The highest BCUT2D eigenvalue weighted by molar-refractivity contribution is 5.94. The molecule has 1 heterocycles. The van der Waals surface area contributed by atoms with Crippen LogP contribution >= 0.6 is 0 Å². The Morgan fingerprint density at radius 3 is 2.57 bits per heavy atom. The highest BCUT2D eigenvalue weighted by Gasteiger charge is 2.11. The predicted octanol–water partition coefficient (Wildman–Crippen LogP) is 3.55. The van der Waals surface area contributed by atoms with E-state index in [1.165, 1.54) is 6.07 Å². The molecule has 0 spiro atoms. The van der Waals surface area contributed by atoms with Crippen molar-refractivity contribution in [2.45, 2.75) is 6.54 Å². The van der Waals surface area contributed by atoms with E-state index in [4.69, 9.17) is 4.52 Å².